The van der Waals surface area contributed by atoms with E-state index in [1.807, 2.05) is 30.3 Å². The van der Waals surface area contributed by atoms with Gasteiger partial charge >= 0.3 is 0 Å². The summed E-state index contributed by atoms with van der Waals surface area (Å²) in [6, 6.07) is 22.0. The van der Waals surface area contributed by atoms with Gasteiger partial charge in [-0.3, -0.25) is 4.79 Å². The van der Waals surface area contributed by atoms with Crippen molar-refractivity contribution >= 4 is 21.6 Å². The average Bonchev–Trinajstić information content (AvgIpc) is 2.82. The van der Waals surface area contributed by atoms with Crippen molar-refractivity contribution in [3.8, 4) is 11.5 Å². The second kappa shape index (κ2) is 10.1. The van der Waals surface area contributed by atoms with E-state index in [4.69, 9.17) is 4.74 Å². The van der Waals surface area contributed by atoms with Gasteiger partial charge in [-0.2, -0.15) is 0 Å². The van der Waals surface area contributed by atoms with Crippen LogP contribution in [0.2, 0.25) is 0 Å². The molecule has 172 valence electrons. The third-order valence-corrected chi connectivity index (χ3v) is 7.43. The number of hydrogen-bond donors (Lipinski definition) is 1. The van der Waals surface area contributed by atoms with E-state index in [0.29, 0.717) is 29.8 Å². The van der Waals surface area contributed by atoms with Gasteiger partial charge in [-0.15, -0.1) is 0 Å². The number of nitrogens with one attached hydrogen (secondary N) is 1. The zero-order valence-corrected chi connectivity index (χ0v) is 18.8. The monoisotopic (exact) mass is 468 g/mol. The quantitative estimate of drug-likeness (QED) is 0.541. The van der Waals surface area contributed by atoms with Crippen LogP contribution in [0, 0.1) is 11.7 Å². The molecule has 1 aliphatic rings. The van der Waals surface area contributed by atoms with Crippen LogP contribution in [-0.2, 0) is 20.6 Å². The van der Waals surface area contributed by atoms with Crippen LogP contribution in [0.5, 0.6) is 11.5 Å². The highest BCUT2D eigenvalue weighted by Gasteiger charge is 2.31. The lowest BCUT2D eigenvalue weighted by molar-refractivity contribution is -0.120. The highest BCUT2D eigenvalue weighted by Crippen LogP contribution is 2.25. The number of nitrogens with zero attached hydrogens (tertiary/aromatic N) is 1. The zero-order chi connectivity index (χ0) is 23.3. The summed E-state index contributed by atoms with van der Waals surface area (Å²) < 4.78 is 45.6. The predicted molar refractivity (Wildman–Crippen MR) is 125 cm³/mol. The first-order valence-corrected chi connectivity index (χ1v) is 12.4. The van der Waals surface area contributed by atoms with Crippen LogP contribution in [0.4, 0.5) is 10.1 Å². The second-order valence-electron chi connectivity index (χ2n) is 7.98. The van der Waals surface area contributed by atoms with Crippen LogP contribution >= 0.6 is 0 Å². The maximum atomic E-state index is 13.1. The highest BCUT2D eigenvalue weighted by atomic mass is 32.2. The summed E-state index contributed by atoms with van der Waals surface area (Å²) in [4.78, 5) is 12.7. The molecule has 0 unspecified atom stereocenters. The molecule has 1 aliphatic heterocycles. The van der Waals surface area contributed by atoms with E-state index in [-0.39, 0.29) is 30.7 Å². The van der Waals surface area contributed by atoms with E-state index in [0.717, 1.165) is 5.75 Å². The Bertz CT molecular complexity index is 1180. The number of sulfonamides is 1. The molecule has 1 fully saturated rings. The Morgan fingerprint density at radius 3 is 2.15 bits per heavy atom. The molecule has 0 aromatic heterocycles. The number of carbonyl (C=O) groups excluding carboxylic acids is 1. The first-order chi connectivity index (χ1) is 15.9. The minimum atomic E-state index is -3.52. The normalized spacial score (nSPS) is 15.2. The Labute approximate surface area is 193 Å². The fourth-order valence-corrected chi connectivity index (χ4v) is 5.32. The molecule has 3 aromatic carbocycles. The van der Waals surface area contributed by atoms with Gasteiger partial charge in [0.15, 0.2) is 0 Å². The van der Waals surface area contributed by atoms with Crippen LogP contribution < -0.4 is 10.1 Å². The molecule has 0 spiro atoms. The van der Waals surface area contributed by atoms with Crippen molar-refractivity contribution < 1.29 is 22.3 Å². The van der Waals surface area contributed by atoms with E-state index in [2.05, 4.69) is 5.32 Å². The molecule has 1 saturated heterocycles. The van der Waals surface area contributed by atoms with Gasteiger partial charge in [0.2, 0.25) is 15.9 Å². The van der Waals surface area contributed by atoms with Crippen LogP contribution in [0.3, 0.4) is 0 Å². The smallest absolute Gasteiger partial charge is 0.227 e. The summed E-state index contributed by atoms with van der Waals surface area (Å²) >= 11 is 0. The maximum Gasteiger partial charge on any atom is 0.227 e. The molecule has 0 radical (unpaired) electrons. The van der Waals surface area contributed by atoms with Crippen LogP contribution in [-0.4, -0.2) is 31.7 Å². The number of para-hydroxylation sites is 1. The summed E-state index contributed by atoms with van der Waals surface area (Å²) in [5, 5.41) is 2.90. The van der Waals surface area contributed by atoms with Gasteiger partial charge in [0.25, 0.3) is 0 Å². The van der Waals surface area contributed by atoms with Gasteiger partial charge in [0.05, 0.1) is 5.75 Å². The average molecular weight is 469 g/mol. The number of hydrogen-bond acceptors (Lipinski definition) is 4. The van der Waals surface area contributed by atoms with Crippen molar-refractivity contribution in [1.82, 2.24) is 4.31 Å². The van der Waals surface area contributed by atoms with Crippen LogP contribution in [0.1, 0.15) is 18.4 Å². The van der Waals surface area contributed by atoms with Gasteiger partial charge in [-0.1, -0.05) is 30.3 Å². The minimum Gasteiger partial charge on any atom is -0.457 e. The SMILES string of the molecule is O=C(Nc1ccc(Oc2ccccc2)cc1)C1CCN(S(=O)(=O)Cc2ccc(F)cc2)CC1. The van der Waals surface area contributed by atoms with Crippen molar-refractivity contribution in [2.45, 2.75) is 18.6 Å². The number of piperidine rings is 1. The maximum absolute atomic E-state index is 13.1. The lowest BCUT2D eigenvalue weighted by Gasteiger charge is -2.30. The Hall–Kier alpha value is -3.23. The molecule has 0 saturated carbocycles. The van der Waals surface area contributed by atoms with E-state index in [1.165, 1.54) is 28.6 Å². The number of amides is 1. The number of benzene rings is 3. The summed E-state index contributed by atoms with van der Waals surface area (Å²) in [6.07, 6.45) is 0.896. The van der Waals surface area contributed by atoms with E-state index < -0.39 is 15.8 Å². The zero-order valence-electron chi connectivity index (χ0n) is 18.0. The molecule has 4 rings (SSSR count). The Balaban J connectivity index is 1.28. The molecule has 1 amide bonds. The number of rotatable bonds is 7. The summed E-state index contributed by atoms with van der Waals surface area (Å²) in [5.41, 5.74) is 1.20. The summed E-state index contributed by atoms with van der Waals surface area (Å²) in [5.74, 6) is 0.433. The van der Waals surface area contributed by atoms with Gasteiger partial charge < -0.3 is 10.1 Å². The Kier molecular flexibility index (Phi) is 7.05. The van der Waals surface area contributed by atoms with Crippen molar-refractivity contribution in [3.63, 3.8) is 0 Å². The summed E-state index contributed by atoms with van der Waals surface area (Å²) in [7, 11) is -3.52. The Morgan fingerprint density at radius 2 is 1.52 bits per heavy atom. The lowest BCUT2D eigenvalue weighted by Crippen LogP contribution is -2.41. The number of anilines is 1. The topological polar surface area (TPSA) is 75.7 Å². The minimum absolute atomic E-state index is 0.123. The molecule has 0 bridgehead atoms. The molecule has 3 aromatic rings. The molecular weight excluding hydrogens is 443 g/mol. The lowest BCUT2D eigenvalue weighted by atomic mass is 9.97. The fourth-order valence-electron chi connectivity index (χ4n) is 3.75. The molecular formula is C25H25FN2O4S. The van der Waals surface area contributed by atoms with E-state index in [9.17, 15) is 17.6 Å². The Morgan fingerprint density at radius 1 is 0.909 bits per heavy atom. The number of ether oxygens (including phenoxy) is 1. The highest BCUT2D eigenvalue weighted by molar-refractivity contribution is 7.88. The molecule has 8 heteroatoms. The van der Waals surface area contributed by atoms with Crippen LogP contribution in [0.25, 0.3) is 0 Å². The van der Waals surface area contributed by atoms with Gasteiger partial charge in [0.1, 0.15) is 17.3 Å². The van der Waals surface area contributed by atoms with Crippen LogP contribution in [0.15, 0.2) is 78.9 Å². The third-order valence-electron chi connectivity index (χ3n) is 5.58. The molecule has 6 nitrogen and oxygen atoms in total. The second-order valence-corrected chi connectivity index (χ2v) is 9.95. The predicted octanol–water partition coefficient (Wildman–Crippen LogP) is 4.80. The first-order valence-electron chi connectivity index (χ1n) is 10.8. The van der Waals surface area contributed by atoms with Crippen molar-refractivity contribution in [2.24, 2.45) is 5.92 Å². The molecule has 33 heavy (non-hydrogen) atoms. The number of halogens is 1. The third kappa shape index (κ3) is 6.18. The van der Waals surface area contributed by atoms with E-state index >= 15 is 0 Å². The largest absolute Gasteiger partial charge is 0.457 e. The van der Waals surface area contributed by atoms with Crippen molar-refractivity contribution in [3.05, 3.63) is 90.2 Å². The number of carbonyl (C=O) groups is 1. The summed E-state index contributed by atoms with van der Waals surface area (Å²) in [6.45, 7) is 0.566. The molecule has 1 heterocycles. The molecule has 1 N–H and O–H groups in total. The molecule has 0 atom stereocenters. The van der Waals surface area contributed by atoms with E-state index in [1.54, 1.807) is 24.3 Å². The van der Waals surface area contributed by atoms with Crippen molar-refractivity contribution in [2.75, 3.05) is 18.4 Å². The van der Waals surface area contributed by atoms with Gasteiger partial charge in [0, 0.05) is 24.7 Å². The van der Waals surface area contributed by atoms with Crippen molar-refractivity contribution in [1.29, 1.82) is 0 Å². The standard InChI is InChI=1S/C25H25FN2O4S/c26-21-8-6-19(7-9-21)18-33(30,31)28-16-14-20(15-17-28)25(29)27-22-10-12-24(13-11-22)32-23-4-2-1-3-5-23/h1-13,20H,14-18H2,(H,27,29). The van der Waals surface area contributed by atoms with Gasteiger partial charge in [-0.05, 0) is 66.9 Å². The molecule has 0 aliphatic carbocycles. The fraction of sp³-hybridized carbons (Fsp3) is 0.240. The first kappa shape index (κ1) is 22.9. The van der Waals surface area contributed by atoms with Gasteiger partial charge in [-0.25, -0.2) is 17.1 Å².